The zero-order valence-corrected chi connectivity index (χ0v) is 14.5. The number of hydrogen-bond donors (Lipinski definition) is 1. The van der Waals surface area contributed by atoms with Crippen LogP contribution in [-0.4, -0.2) is 44.5 Å². The Morgan fingerprint density at radius 2 is 2.13 bits per heavy atom. The van der Waals surface area contributed by atoms with E-state index in [1.54, 1.807) is 27.0 Å². The van der Waals surface area contributed by atoms with Crippen LogP contribution >= 0.6 is 0 Å². The molecule has 2 rings (SSSR count). The largest absolute Gasteiger partial charge is 0.359 e. The fourth-order valence-corrected chi connectivity index (χ4v) is 4.36. The average molecular weight is 342 g/mol. The van der Waals surface area contributed by atoms with E-state index in [1.165, 1.54) is 16.4 Å². The monoisotopic (exact) mass is 342 g/mol. The molecule has 2 unspecified atom stereocenters. The van der Waals surface area contributed by atoms with E-state index < -0.39 is 10.0 Å². The summed E-state index contributed by atoms with van der Waals surface area (Å²) < 4.78 is 39.2. The van der Waals surface area contributed by atoms with Gasteiger partial charge in [-0.15, -0.1) is 0 Å². The lowest BCUT2D eigenvalue weighted by molar-refractivity contribution is -0.126. The summed E-state index contributed by atoms with van der Waals surface area (Å²) >= 11 is 0. The summed E-state index contributed by atoms with van der Waals surface area (Å²) in [5.41, 5.74) is 1.57. The molecule has 0 aliphatic carbocycles. The molecule has 1 aromatic rings. The first kappa shape index (κ1) is 17.9. The second kappa shape index (κ2) is 6.97. The number of rotatable bonds is 4. The zero-order chi connectivity index (χ0) is 17.2. The van der Waals surface area contributed by atoms with Gasteiger partial charge in [-0.3, -0.25) is 4.79 Å². The minimum Gasteiger partial charge on any atom is -0.359 e. The standard InChI is InChI=1S/C16H23FN2O3S/c1-4-23(21,22)19-8-7-14(16(20)18-3)15(10-19)13-6-5-12(17)9-11(13)2/h5-6,9,14-15H,4,7-8,10H2,1-3H3,(H,18,20). The van der Waals surface area contributed by atoms with Crippen LogP contribution < -0.4 is 5.32 Å². The van der Waals surface area contributed by atoms with Crippen molar-refractivity contribution in [2.75, 3.05) is 25.9 Å². The summed E-state index contributed by atoms with van der Waals surface area (Å²) in [4.78, 5) is 12.2. The molecule has 0 bridgehead atoms. The molecule has 0 saturated carbocycles. The third kappa shape index (κ3) is 3.72. The van der Waals surface area contributed by atoms with Crippen molar-refractivity contribution in [2.45, 2.75) is 26.2 Å². The number of nitrogens with one attached hydrogen (secondary N) is 1. The number of nitrogens with zero attached hydrogens (tertiary/aromatic N) is 1. The van der Waals surface area contributed by atoms with Gasteiger partial charge in [-0.2, -0.15) is 0 Å². The average Bonchev–Trinajstić information content (AvgIpc) is 2.53. The molecule has 7 heteroatoms. The Morgan fingerprint density at radius 1 is 1.43 bits per heavy atom. The van der Waals surface area contributed by atoms with E-state index in [9.17, 15) is 17.6 Å². The SMILES string of the molecule is CCS(=O)(=O)N1CCC(C(=O)NC)C(c2ccc(F)cc2C)C1. The van der Waals surface area contributed by atoms with E-state index in [0.717, 1.165) is 11.1 Å². The van der Waals surface area contributed by atoms with Gasteiger partial charge < -0.3 is 5.32 Å². The molecule has 1 saturated heterocycles. The Hall–Kier alpha value is -1.47. The summed E-state index contributed by atoms with van der Waals surface area (Å²) in [6, 6.07) is 4.44. The van der Waals surface area contributed by atoms with E-state index in [2.05, 4.69) is 5.32 Å². The van der Waals surface area contributed by atoms with Crippen molar-refractivity contribution in [3.05, 3.63) is 35.1 Å². The van der Waals surface area contributed by atoms with Crippen LogP contribution in [0.1, 0.15) is 30.4 Å². The van der Waals surface area contributed by atoms with E-state index in [4.69, 9.17) is 0 Å². The Balaban J connectivity index is 2.40. The molecule has 128 valence electrons. The van der Waals surface area contributed by atoms with Gasteiger partial charge in [0.2, 0.25) is 15.9 Å². The number of halogens is 1. The van der Waals surface area contributed by atoms with Crippen LogP contribution in [0.2, 0.25) is 0 Å². The highest BCUT2D eigenvalue weighted by Crippen LogP contribution is 2.35. The van der Waals surface area contributed by atoms with Gasteiger partial charge in [0.15, 0.2) is 0 Å². The number of piperidine rings is 1. The predicted molar refractivity (Wildman–Crippen MR) is 87.1 cm³/mol. The van der Waals surface area contributed by atoms with Crippen LogP contribution in [0.5, 0.6) is 0 Å². The minimum atomic E-state index is -3.31. The topological polar surface area (TPSA) is 66.5 Å². The number of amides is 1. The maximum atomic E-state index is 13.4. The van der Waals surface area contributed by atoms with Gasteiger partial charge in [0, 0.05) is 32.0 Å². The van der Waals surface area contributed by atoms with Crippen molar-refractivity contribution in [1.82, 2.24) is 9.62 Å². The van der Waals surface area contributed by atoms with Crippen molar-refractivity contribution < 1.29 is 17.6 Å². The Morgan fingerprint density at radius 3 is 2.70 bits per heavy atom. The number of aryl methyl sites for hydroxylation is 1. The molecule has 1 fully saturated rings. The van der Waals surface area contributed by atoms with Crippen LogP contribution in [0.25, 0.3) is 0 Å². The lowest BCUT2D eigenvalue weighted by Crippen LogP contribution is -2.47. The summed E-state index contributed by atoms with van der Waals surface area (Å²) in [6.07, 6.45) is 0.459. The quantitative estimate of drug-likeness (QED) is 0.904. The molecule has 1 amide bonds. The van der Waals surface area contributed by atoms with Gasteiger partial charge in [0.05, 0.1) is 5.75 Å². The third-order valence-corrected chi connectivity index (χ3v) is 6.40. The molecule has 23 heavy (non-hydrogen) atoms. The number of sulfonamides is 1. The van der Waals surface area contributed by atoms with Gasteiger partial charge in [-0.1, -0.05) is 6.07 Å². The second-order valence-electron chi connectivity index (χ2n) is 5.88. The normalized spacial score (nSPS) is 22.8. The first-order valence-corrected chi connectivity index (χ1v) is 9.36. The molecule has 0 radical (unpaired) electrons. The molecule has 5 nitrogen and oxygen atoms in total. The molecule has 1 aromatic carbocycles. The smallest absolute Gasteiger partial charge is 0.223 e. The Labute approximate surface area is 136 Å². The number of hydrogen-bond acceptors (Lipinski definition) is 3. The zero-order valence-electron chi connectivity index (χ0n) is 13.7. The molecular formula is C16H23FN2O3S. The van der Waals surface area contributed by atoms with E-state index >= 15 is 0 Å². The van der Waals surface area contributed by atoms with Crippen LogP contribution in [0.3, 0.4) is 0 Å². The van der Waals surface area contributed by atoms with Crippen LogP contribution in [-0.2, 0) is 14.8 Å². The Kier molecular flexibility index (Phi) is 5.41. The van der Waals surface area contributed by atoms with Gasteiger partial charge in [0.25, 0.3) is 0 Å². The summed E-state index contributed by atoms with van der Waals surface area (Å²) in [6.45, 7) is 3.98. The van der Waals surface area contributed by atoms with Crippen molar-refractivity contribution in [2.24, 2.45) is 5.92 Å². The highest BCUT2D eigenvalue weighted by molar-refractivity contribution is 7.89. The number of carbonyl (C=O) groups excluding carboxylic acids is 1. The van der Waals surface area contributed by atoms with Gasteiger partial charge in [-0.25, -0.2) is 17.1 Å². The van der Waals surface area contributed by atoms with E-state index in [-0.39, 0.29) is 35.9 Å². The molecule has 0 spiro atoms. The highest BCUT2D eigenvalue weighted by atomic mass is 32.2. The fraction of sp³-hybridized carbons (Fsp3) is 0.562. The third-order valence-electron chi connectivity index (χ3n) is 4.55. The Bertz CT molecular complexity index is 691. The van der Waals surface area contributed by atoms with Crippen molar-refractivity contribution in [1.29, 1.82) is 0 Å². The van der Waals surface area contributed by atoms with Crippen molar-refractivity contribution >= 4 is 15.9 Å². The van der Waals surface area contributed by atoms with Crippen LogP contribution in [0.4, 0.5) is 4.39 Å². The molecule has 2 atom stereocenters. The molecule has 0 aromatic heterocycles. The lowest BCUT2D eigenvalue weighted by atomic mass is 9.79. The maximum Gasteiger partial charge on any atom is 0.223 e. The number of carbonyl (C=O) groups is 1. The van der Waals surface area contributed by atoms with Gasteiger partial charge >= 0.3 is 0 Å². The lowest BCUT2D eigenvalue weighted by Gasteiger charge is -2.37. The van der Waals surface area contributed by atoms with Crippen LogP contribution in [0.15, 0.2) is 18.2 Å². The van der Waals surface area contributed by atoms with E-state index in [1.807, 2.05) is 0 Å². The van der Waals surface area contributed by atoms with Crippen LogP contribution in [0, 0.1) is 18.7 Å². The minimum absolute atomic E-state index is 0.0345. The van der Waals surface area contributed by atoms with E-state index in [0.29, 0.717) is 13.0 Å². The first-order valence-electron chi connectivity index (χ1n) is 7.75. The second-order valence-corrected chi connectivity index (χ2v) is 8.13. The molecule has 1 aliphatic rings. The highest BCUT2D eigenvalue weighted by Gasteiger charge is 2.38. The molecule has 1 aliphatic heterocycles. The fourth-order valence-electron chi connectivity index (χ4n) is 3.23. The van der Waals surface area contributed by atoms with Gasteiger partial charge in [-0.05, 0) is 43.5 Å². The predicted octanol–water partition coefficient (Wildman–Crippen LogP) is 1.64. The summed E-state index contributed by atoms with van der Waals surface area (Å²) in [5.74, 6) is -0.991. The maximum absolute atomic E-state index is 13.4. The van der Waals surface area contributed by atoms with Crippen molar-refractivity contribution in [3.63, 3.8) is 0 Å². The molecule has 1 heterocycles. The van der Waals surface area contributed by atoms with Crippen molar-refractivity contribution in [3.8, 4) is 0 Å². The number of benzene rings is 1. The first-order chi connectivity index (χ1) is 10.8. The molecule has 1 N–H and O–H groups in total. The summed E-state index contributed by atoms with van der Waals surface area (Å²) in [7, 11) is -1.74. The van der Waals surface area contributed by atoms with Gasteiger partial charge in [0.1, 0.15) is 5.82 Å². The molecular weight excluding hydrogens is 319 g/mol. The summed E-state index contributed by atoms with van der Waals surface area (Å²) in [5, 5.41) is 2.65.